The largest absolute Gasteiger partial charge is 0.480 e. The number of carbonyl (C=O) groups is 3. The van der Waals surface area contributed by atoms with Gasteiger partial charge in [0.1, 0.15) is 12.6 Å². The molecule has 0 spiro atoms. The number of rotatable bonds is 13. The Morgan fingerprint density at radius 3 is 2.30 bits per heavy atom. The molecule has 1 fully saturated rings. The van der Waals surface area contributed by atoms with Crippen molar-refractivity contribution in [1.29, 1.82) is 0 Å². The van der Waals surface area contributed by atoms with Crippen molar-refractivity contribution in [2.45, 2.75) is 83.3 Å². The van der Waals surface area contributed by atoms with Gasteiger partial charge in [-0.3, -0.25) is 19.7 Å². The van der Waals surface area contributed by atoms with Gasteiger partial charge in [-0.2, -0.15) is 0 Å². The number of ether oxygens (including phenoxy) is 1. The normalized spacial score (nSPS) is 17.0. The molecule has 8 nitrogen and oxygen atoms in total. The number of nitrogens with zero attached hydrogens (tertiary/aromatic N) is 1. The van der Waals surface area contributed by atoms with Crippen molar-refractivity contribution in [2.24, 2.45) is 5.92 Å². The van der Waals surface area contributed by atoms with Crippen molar-refractivity contribution in [2.75, 3.05) is 26.2 Å². The number of carbonyl (C=O) groups excluding carboxylic acids is 2. The van der Waals surface area contributed by atoms with Gasteiger partial charge in [-0.05, 0) is 76.1 Å². The van der Waals surface area contributed by atoms with Crippen LogP contribution in [-0.2, 0) is 32.0 Å². The summed E-state index contributed by atoms with van der Waals surface area (Å²) < 4.78 is 5.27. The fourth-order valence-corrected chi connectivity index (χ4v) is 5.37. The minimum atomic E-state index is -1.04. The van der Waals surface area contributed by atoms with Crippen LogP contribution in [0.4, 0.5) is 0 Å². The van der Waals surface area contributed by atoms with Crippen LogP contribution >= 0.6 is 34.0 Å². The third kappa shape index (κ3) is 10.3. The van der Waals surface area contributed by atoms with Crippen molar-refractivity contribution in [3.63, 3.8) is 0 Å². The summed E-state index contributed by atoms with van der Waals surface area (Å²) in [5.74, 6) is -0.950. The maximum absolute atomic E-state index is 13.4. The summed E-state index contributed by atoms with van der Waals surface area (Å²) in [7, 11) is 0. The van der Waals surface area contributed by atoms with Crippen molar-refractivity contribution in [3.8, 4) is 0 Å². The Labute approximate surface area is 241 Å². The molecule has 0 unspecified atom stereocenters. The van der Waals surface area contributed by atoms with E-state index < -0.39 is 18.1 Å². The van der Waals surface area contributed by atoms with Crippen LogP contribution in [-0.4, -0.2) is 72.2 Å². The van der Waals surface area contributed by atoms with E-state index in [1.165, 1.54) is 17.7 Å². The molecule has 1 heterocycles. The number of carboxylic acid groups (broad SMARTS) is 1. The molecule has 1 aliphatic carbocycles. The van der Waals surface area contributed by atoms with Gasteiger partial charge in [0.05, 0.1) is 12.6 Å². The van der Waals surface area contributed by atoms with E-state index in [9.17, 15) is 19.5 Å². The lowest BCUT2D eigenvalue weighted by atomic mass is 9.92. The molecule has 1 aromatic rings. The number of hydrogen-bond donors (Lipinski definition) is 3. The second-order valence-electron chi connectivity index (χ2n) is 9.86. The SMILES string of the molecule is Br.Br.CCOC(=O)[C@H](CCCCC1CCNCC1)N[C@@H](C)C(=O)N(CC(=O)O)C1Cc2ccccc2C1. The van der Waals surface area contributed by atoms with Crippen LogP contribution in [0.2, 0.25) is 0 Å². The van der Waals surface area contributed by atoms with Gasteiger partial charge in [-0.1, -0.05) is 43.5 Å². The van der Waals surface area contributed by atoms with Crippen LogP contribution in [0.5, 0.6) is 0 Å². The fourth-order valence-electron chi connectivity index (χ4n) is 5.37. The highest BCUT2D eigenvalue weighted by molar-refractivity contribution is 8.93. The topological polar surface area (TPSA) is 108 Å². The first kappa shape index (κ1) is 33.5. The number of nitrogens with one attached hydrogen (secondary N) is 2. The molecular formula is C27H43Br2N3O5. The molecule has 0 saturated carbocycles. The van der Waals surface area contributed by atoms with Crippen molar-refractivity contribution in [3.05, 3.63) is 35.4 Å². The Morgan fingerprint density at radius 1 is 1.11 bits per heavy atom. The predicted octanol–water partition coefficient (Wildman–Crippen LogP) is 3.69. The quantitative estimate of drug-likeness (QED) is 0.221. The van der Waals surface area contributed by atoms with Crippen LogP contribution in [0.25, 0.3) is 0 Å². The standard InChI is InChI=1S/C27H41N3O5.2BrH/c1-3-35-27(34)24(11-7-4-8-20-12-14-28-15-13-20)29-19(2)26(33)30(18-25(31)32)23-16-21-9-5-6-10-22(21)17-23;;/h5-6,9-10,19-20,23-24,28-29H,3-4,7-8,11-18H2,1-2H3,(H,31,32);2*1H/t19-,24-;;/m0../s1. The average molecular weight is 649 g/mol. The van der Waals surface area contributed by atoms with Crippen molar-refractivity contribution >= 4 is 51.8 Å². The molecule has 3 rings (SSSR count). The van der Waals surface area contributed by atoms with Gasteiger partial charge < -0.3 is 20.1 Å². The number of halogens is 2. The second-order valence-corrected chi connectivity index (χ2v) is 9.86. The van der Waals surface area contributed by atoms with Crippen LogP contribution in [0.3, 0.4) is 0 Å². The minimum Gasteiger partial charge on any atom is -0.480 e. The molecule has 10 heteroatoms. The highest BCUT2D eigenvalue weighted by Gasteiger charge is 2.34. The number of piperidine rings is 1. The second kappa shape index (κ2) is 17.2. The number of hydrogen-bond acceptors (Lipinski definition) is 6. The zero-order valence-corrected chi connectivity index (χ0v) is 25.4. The Bertz CT molecular complexity index is 841. The van der Waals surface area contributed by atoms with E-state index in [1.807, 2.05) is 24.3 Å². The highest BCUT2D eigenvalue weighted by atomic mass is 79.9. The van der Waals surface area contributed by atoms with Gasteiger partial charge in [0.25, 0.3) is 0 Å². The first-order valence-electron chi connectivity index (χ1n) is 13.1. The van der Waals surface area contributed by atoms with E-state index in [0.717, 1.165) is 49.4 Å². The Balaban J connectivity index is 0.00000342. The van der Waals surface area contributed by atoms with E-state index >= 15 is 0 Å². The van der Waals surface area contributed by atoms with Gasteiger partial charge in [-0.15, -0.1) is 34.0 Å². The zero-order chi connectivity index (χ0) is 25.2. The first-order valence-corrected chi connectivity index (χ1v) is 13.1. The van der Waals surface area contributed by atoms with Crippen molar-refractivity contribution < 1.29 is 24.2 Å². The minimum absolute atomic E-state index is 0. The van der Waals surface area contributed by atoms with Gasteiger partial charge >= 0.3 is 11.9 Å². The van der Waals surface area contributed by atoms with E-state index in [4.69, 9.17) is 4.74 Å². The third-order valence-corrected chi connectivity index (χ3v) is 7.27. The van der Waals surface area contributed by atoms with Crippen LogP contribution in [0.1, 0.15) is 63.5 Å². The summed E-state index contributed by atoms with van der Waals surface area (Å²) in [6, 6.07) is 6.49. The molecule has 0 bridgehead atoms. The third-order valence-electron chi connectivity index (χ3n) is 7.27. The number of amides is 1. The monoisotopic (exact) mass is 647 g/mol. The highest BCUT2D eigenvalue weighted by Crippen LogP contribution is 2.26. The molecule has 3 N–H and O–H groups in total. The molecule has 0 radical (unpaired) electrons. The van der Waals surface area contributed by atoms with Gasteiger partial charge in [0, 0.05) is 6.04 Å². The number of benzene rings is 1. The number of unbranched alkanes of at least 4 members (excludes halogenated alkanes) is 1. The van der Waals surface area contributed by atoms with E-state index in [0.29, 0.717) is 19.3 Å². The first-order chi connectivity index (χ1) is 16.9. The van der Waals surface area contributed by atoms with Gasteiger partial charge in [0.15, 0.2) is 0 Å². The lowest BCUT2D eigenvalue weighted by Gasteiger charge is -2.31. The molecule has 0 aromatic heterocycles. The molecule has 1 aromatic carbocycles. The van der Waals surface area contributed by atoms with E-state index in [1.54, 1.807) is 13.8 Å². The fraction of sp³-hybridized carbons (Fsp3) is 0.667. The average Bonchev–Trinajstić information content (AvgIpc) is 3.28. The Morgan fingerprint density at radius 2 is 1.73 bits per heavy atom. The summed E-state index contributed by atoms with van der Waals surface area (Å²) in [5.41, 5.74) is 2.30. The maximum Gasteiger partial charge on any atom is 0.323 e. The summed E-state index contributed by atoms with van der Waals surface area (Å²) >= 11 is 0. The van der Waals surface area contributed by atoms with E-state index in [2.05, 4.69) is 10.6 Å². The smallest absolute Gasteiger partial charge is 0.323 e. The van der Waals surface area contributed by atoms with Gasteiger partial charge in [-0.25, -0.2) is 0 Å². The number of aliphatic carboxylic acids is 1. The van der Waals surface area contributed by atoms with Crippen LogP contribution in [0, 0.1) is 5.92 Å². The number of fused-ring (bicyclic) bond motifs is 1. The molecule has 1 aliphatic heterocycles. The lowest BCUT2D eigenvalue weighted by molar-refractivity contribution is -0.149. The molecule has 2 aliphatic rings. The molecule has 210 valence electrons. The van der Waals surface area contributed by atoms with Crippen LogP contribution in [0.15, 0.2) is 24.3 Å². The van der Waals surface area contributed by atoms with Gasteiger partial charge in [0.2, 0.25) is 5.91 Å². The predicted molar refractivity (Wildman–Crippen MR) is 155 cm³/mol. The Hall–Kier alpha value is -1.49. The summed E-state index contributed by atoms with van der Waals surface area (Å²) in [6.07, 6.45) is 7.34. The molecule has 1 amide bonds. The molecule has 37 heavy (non-hydrogen) atoms. The summed E-state index contributed by atoms with van der Waals surface area (Å²) in [5, 5.41) is 16.0. The molecular weight excluding hydrogens is 606 g/mol. The lowest BCUT2D eigenvalue weighted by Crippen LogP contribution is -2.54. The Kier molecular flexibility index (Phi) is 15.6. The molecule has 2 atom stereocenters. The van der Waals surface area contributed by atoms with Crippen molar-refractivity contribution in [1.82, 2.24) is 15.5 Å². The van der Waals surface area contributed by atoms with Crippen LogP contribution < -0.4 is 10.6 Å². The number of esters is 1. The summed E-state index contributed by atoms with van der Waals surface area (Å²) in [4.78, 5) is 39.1. The molecule has 1 saturated heterocycles. The van der Waals surface area contributed by atoms with E-state index in [-0.39, 0.29) is 65.0 Å². The number of carboxylic acids is 1. The summed E-state index contributed by atoms with van der Waals surface area (Å²) in [6.45, 7) is 5.56. The maximum atomic E-state index is 13.4. The zero-order valence-electron chi connectivity index (χ0n) is 21.9.